The molecule has 0 bridgehead atoms. The predicted molar refractivity (Wildman–Crippen MR) is 107 cm³/mol. The zero-order valence-electron chi connectivity index (χ0n) is 16.3. The molecule has 1 N–H and O–H groups in total. The number of hydrogen-bond acceptors (Lipinski definition) is 6. The number of H-pyrrole nitrogens is 1. The van der Waals surface area contributed by atoms with E-state index in [1.54, 1.807) is 17.1 Å². The van der Waals surface area contributed by atoms with Crippen molar-refractivity contribution in [3.8, 4) is 5.75 Å². The summed E-state index contributed by atoms with van der Waals surface area (Å²) >= 11 is 0. The second-order valence-electron chi connectivity index (χ2n) is 8.21. The van der Waals surface area contributed by atoms with Crippen molar-refractivity contribution in [2.45, 2.75) is 39.2 Å². The molecule has 2 aromatic rings. The van der Waals surface area contributed by atoms with Crippen molar-refractivity contribution in [1.82, 2.24) is 14.9 Å². The molecule has 1 saturated heterocycles. The molecule has 28 heavy (non-hydrogen) atoms. The molecule has 0 saturated carbocycles. The minimum absolute atomic E-state index is 0.200. The van der Waals surface area contributed by atoms with Gasteiger partial charge in [0.25, 0.3) is 0 Å². The van der Waals surface area contributed by atoms with E-state index in [-0.39, 0.29) is 12.0 Å². The quantitative estimate of drug-likeness (QED) is 0.630. The first-order valence-corrected chi connectivity index (χ1v) is 9.51. The van der Waals surface area contributed by atoms with Crippen molar-refractivity contribution in [2.24, 2.45) is 11.0 Å². The van der Waals surface area contributed by atoms with Crippen LogP contribution in [0, 0.1) is 10.8 Å². The van der Waals surface area contributed by atoms with E-state index in [4.69, 9.17) is 9.39 Å². The minimum atomic E-state index is -0.857. The van der Waals surface area contributed by atoms with Crippen molar-refractivity contribution < 1.29 is 14.2 Å². The summed E-state index contributed by atoms with van der Waals surface area (Å²) < 4.78 is 11.2. The maximum absolute atomic E-state index is 12.3. The summed E-state index contributed by atoms with van der Waals surface area (Å²) in [4.78, 5) is 32.7. The van der Waals surface area contributed by atoms with Crippen molar-refractivity contribution in [3.63, 3.8) is 0 Å². The van der Waals surface area contributed by atoms with Gasteiger partial charge in [0.2, 0.25) is 0 Å². The molecule has 0 spiro atoms. The Bertz CT molecular complexity index is 941. The van der Waals surface area contributed by atoms with Gasteiger partial charge in [0.05, 0.1) is 6.20 Å². The molecular weight excluding hydrogens is 359 g/mol. The van der Waals surface area contributed by atoms with Gasteiger partial charge >= 0.3 is 13.1 Å². The summed E-state index contributed by atoms with van der Waals surface area (Å²) in [5.41, 5.74) is 2.27. The molecular formula is C19H23BN4O4. The Labute approximate surface area is 163 Å². The minimum Gasteiger partial charge on any atom is -0.534 e. The summed E-state index contributed by atoms with van der Waals surface area (Å²) in [5, 5.41) is 4.03. The molecule has 146 valence electrons. The van der Waals surface area contributed by atoms with Gasteiger partial charge in [-0.05, 0) is 57.1 Å². The lowest BCUT2D eigenvalue weighted by Crippen LogP contribution is -2.42. The van der Waals surface area contributed by atoms with Gasteiger partial charge in [0, 0.05) is 30.2 Å². The zero-order valence-corrected chi connectivity index (χ0v) is 16.3. The molecule has 4 heterocycles. The third-order valence-corrected chi connectivity index (χ3v) is 5.10. The number of rotatable bonds is 2. The molecule has 0 aromatic carbocycles. The van der Waals surface area contributed by atoms with Gasteiger partial charge in [-0.15, -0.1) is 0 Å². The van der Waals surface area contributed by atoms with Crippen molar-refractivity contribution >= 4 is 29.8 Å². The van der Waals surface area contributed by atoms with Crippen LogP contribution in [-0.2, 0) is 4.74 Å². The van der Waals surface area contributed by atoms with Gasteiger partial charge in [0.15, 0.2) is 0 Å². The number of aromatic amines is 1. The first kappa shape index (κ1) is 18.5. The molecule has 1 amide bonds. The number of ether oxygens (including phenoxy) is 1. The molecule has 0 aliphatic carbocycles. The number of nitrogens with one attached hydrogen (secondary N) is 1. The van der Waals surface area contributed by atoms with Gasteiger partial charge in [-0.1, -0.05) is 5.09 Å². The van der Waals surface area contributed by atoms with E-state index in [2.05, 4.69) is 15.1 Å². The molecule has 0 radical (unpaired) electrons. The van der Waals surface area contributed by atoms with Crippen molar-refractivity contribution in [2.75, 3.05) is 13.1 Å². The SMILES string of the molecule is CC(C)(C)OC(=O)N1CCC(C2=CB(N=O)Oc3cnc4[nH]ccc4c32)CC1. The fourth-order valence-electron chi connectivity index (χ4n) is 3.87. The zero-order chi connectivity index (χ0) is 19.9. The van der Waals surface area contributed by atoms with Crippen LogP contribution in [0.15, 0.2) is 29.5 Å². The number of hydrogen-bond donors (Lipinski definition) is 1. The second kappa shape index (κ2) is 6.96. The maximum atomic E-state index is 12.3. The fraction of sp³-hybridized carbons (Fsp3) is 0.474. The van der Waals surface area contributed by atoms with E-state index in [1.807, 2.05) is 33.0 Å². The fourth-order valence-corrected chi connectivity index (χ4v) is 3.87. The Morgan fingerprint density at radius 1 is 1.39 bits per heavy atom. The lowest BCUT2D eigenvalue weighted by atomic mass is 9.72. The number of aromatic nitrogens is 2. The summed E-state index contributed by atoms with van der Waals surface area (Å²) in [6.45, 7) is 6.81. The molecule has 8 nitrogen and oxygen atoms in total. The van der Waals surface area contributed by atoms with E-state index >= 15 is 0 Å². The van der Waals surface area contributed by atoms with Crippen molar-refractivity contribution in [3.05, 3.63) is 34.9 Å². The average Bonchev–Trinajstić information content (AvgIpc) is 3.14. The van der Waals surface area contributed by atoms with E-state index in [0.29, 0.717) is 18.8 Å². The number of nitrogens with zero attached hydrogens (tertiary/aromatic N) is 3. The highest BCUT2D eigenvalue weighted by atomic mass is 16.6. The Morgan fingerprint density at radius 3 is 2.82 bits per heavy atom. The van der Waals surface area contributed by atoms with E-state index in [9.17, 15) is 9.70 Å². The Hall–Kier alpha value is -2.84. The highest BCUT2D eigenvalue weighted by molar-refractivity contribution is 6.58. The highest BCUT2D eigenvalue weighted by Gasteiger charge is 2.35. The van der Waals surface area contributed by atoms with E-state index < -0.39 is 12.7 Å². The van der Waals surface area contributed by atoms with Crippen LogP contribution in [0.25, 0.3) is 16.6 Å². The largest absolute Gasteiger partial charge is 0.575 e. The van der Waals surface area contributed by atoms with Gasteiger partial charge in [-0.25, -0.2) is 9.78 Å². The number of amides is 1. The normalized spacial score (nSPS) is 17.8. The van der Waals surface area contributed by atoms with Gasteiger partial charge in [-0.3, -0.25) is 0 Å². The second-order valence-corrected chi connectivity index (χ2v) is 8.21. The number of fused-ring (bicyclic) bond motifs is 3. The Morgan fingerprint density at radius 2 is 2.14 bits per heavy atom. The lowest BCUT2D eigenvalue weighted by Gasteiger charge is -2.35. The molecule has 0 atom stereocenters. The summed E-state index contributed by atoms with van der Waals surface area (Å²) in [6, 6.07) is 1.96. The predicted octanol–water partition coefficient (Wildman–Crippen LogP) is 3.78. The van der Waals surface area contributed by atoms with Crippen LogP contribution >= 0.6 is 0 Å². The van der Waals surface area contributed by atoms with Crippen LogP contribution in [0.4, 0.5) is 4.79 Å². The summed E-state index contributed by atoms with van der Waals surface area (Å²) in [6.07, 6.45) is 4.76. The number of carbonyl (C=O) groups excluding carboxylic acids is 1. The monoisotopic (exact) mass is 382 g/mol. The first-order valence-electron chi connectivity index (χ1n) is 9.51. The van der Waals surface area contributed by atoms with Crippen LogP contribution in [0.1, 0.15) is 39.2 Å². The third kappa shape index (κ3) is 3.48. The summed E-state index contributed by atoms with van der Waals surface area (Å²) in [5.74, 6) is 2.57. The topological polar surface area (TPSA) is 96.9 Å². The average molecular weight is 382 g/mol. The number of piperidine rings is 1. The molecule has 2 aliphatic rings. The van der Waals surface area contributed by atoms with Gasteiger partial charge in [0.1, 0.15) is 17.0 Å². The van der Waals surface area contributed by atoms with Crippen LogP contribution in [0.5, 0.6) is 5.75 Å². The van der Waals surface area contributed by atoms with E-state index in [0.717, 1.165) is 35.0 Å². The van der Waals surface area contributed by atoms with Crippen molar-refractivity contribution in [1.29, 1.82) is 0 Å². The van der Waals surface area contributed by atoms with Crippen LogP contribution < -0.4 is 4.65 Å². The molecule has 9 heteroatoms. The highest BCUT2D eigenvalue weighted by Crippen LogP contribution is 2.42. The third-order valence-electron chi connectivity index (χ3n) is 5.10. The molecule has 4 rings (SSSR count). The Kier molecular flexibility index (Phi) is 4.60. The first-order chi connectivity index (χ1) is 13.4. The number of allylic oxidation sites excluding steroid dienone is 1. The number of likely N-dealkylation sites (tertiary alicyclic amines) is 1. The van der Waals surface area contributed by atoms with E-state index in [1.165, 1.54) is 0 Å². The Balaban J connectivity index is 1.58. The standard InChI is InChI=1S/C19H23BN4O4/c1-19(2,3)27-18(25)24-8-5-12(6-9-24)14-10-20(23-26)28-15-11-22-17-13(16(14)15)4-7-21-17/h4,7,10-12H,5-6,8-9H2,1-3H3,(H,21,22). The molecule has 2 aromatic heterocycles. The van der Waals surface area contributed by atoms with Gasteiger partial charge < -0.3 is 19.3 Å². The molecule has 2 aliphatic heterocycles. The number of carbonyl (C=O) groups is 1. The van der Waals surface area contributed by atoms with Gasteiger partial charge in [-0.2, -0.15) is 4.91 Å². The number of pyridine rings is 1. The molecule has 0 unspecified atom stereocenters. The van der Waals surface area contributed by atoms with Crippen LogP contribution in [0.3, 0.4) is 0 Å². The summed E-state index contributed by atoms with van der Waals surface area (Å²) in [7, 11) is -0.857. The van der Waals surface area contributed by atoms with Crippen LogP contribution in [0.2, 0.25) is 0 Å². The smallest absolute Gasteiger partial charge is 0.534 e. The number of nitroso groups, excluding NO2 is 1. The van der Waals surface area contributed by atoms with Crippen LogP contribution in [-0.4, -0.2) is 46.7 Å². The maximum Gasteiger partial charge on any atom is 0.575 e. The lowest BCUT2D eigenvalue weighted by molar-refractivity contribution is 0.0199. The molecule has 1 fully saturated rings.